The predicted molar refractivity (Wildman–Crippen MR) is 125 cm³/mol. The molecule has 3 aromatic rings. The number of carboxylic acids is 1. The number of nitrogens with zero attached hydrogens (tertiary/aromatic N) is 1. The molecule has 0 radical (unpaired) electrons. The molecule has 1 unspecified atom stereocenters. The van der Waals surface area contributed by atoms with Crippen LogP contribution in [0.5, 0.6) is 0 Å². The van der Waals surface area contributed by atoms with E-state index in [4.69, 9.17) is 4.42 Å². The first kappa shape index (κ1) is 22.7. The van der Waals surface area contributed by atoms with Gasteiger partial charge in [0.05, 0.1) is 11.3 Å². The van der Waals surface area contributed by atoms with Crippen LogP contribution < -0.4 is 10.2 Å². The second kappa shape index (κ2) is 9.19. The van der Waals surface area contributed by atoms with Gasteiger partial charge in [0, 0.05) is 5.56 Å². The highest BCUT2D eigenvalue weighted by molar-refractivity contribution is 6.39. The van der Waals surface area contributed by atoms with E-state index >= 15 is 0 Å². The Morgan fingerprint density at radius 3 is 2.50 bits per heavy atom. The van der Waals surface area contributed by atoms with Crippen LogP contribution in [0, 0.1) is 0 Å². The summed E-state index contributed by atoms with van der Waals surface area (Å²) in [6.07, 6.45) is 2.21. The smallest absolute Gasteiger partial charge is 0.335 e. The normalized spacial score (nSPS) is 16.0. The summed E-state index contributed by atoms with van der Waals surface area (Å²) in [5.41, 5.74) is 1.80. The summed E-state index contributed by atoms with van der Waals surface area (Å²) in [6, 6.07) is 15.6. The topological polar surface area (TPSA) is 117 Å². The summed E-state index contributed by atoms with van der Waals surface area (Å²) >= 11 is 0. The van der Waals surface area contributed by atoms with E-state index < -0.39 is 23.8 Å². The van der Waals surface area contributed by atoms with Crippen LogP contribution >= 0.6 is 0 Å². The van der Waals surface area contributed by atoms with Crippen molar-refractivity contribution in [2.45, 2.75) is 26.2 Å². The van der Waals surface area contributed by atoms with Gasteiger partial charge in [-0.3, -0.25) is 14.9 Å². The molecule has 0 saturated carbocycles. The number of rotatable bonds is 6. The molecule has 4 amide bonds. The van der Waals surface area contributed by atoms with Gasteiger partial charge < -0.3 is 9.52 Å². The average Bonchev–Trinajstić information content (AvgIpc) is 3.30. The van der Waals surface area contributed by atoms with Crippen molar-refractivity contribution < 1.29 is 28.7 Å². The molecule has 2 aromatic carbocycles. The van der Waals surface area contributed by atoms with Crippen molar-refractivity contribution in [2.24, 2.45) is 0 Å². The van der Waals surface area contributed by atoms with E-state index in [2.05, 4.69) is 19.2 Å². The van der Waals surface area contributed by atoms with Crippen molar-refractivity contribution in [2.75, 3.05) is 4.90 Å². The summed E-state index contributed by atoms with van der Waals surface area (Å²) in [5, 5.41) is 11.4. The standard InChI is InChI=1S/C26H22N2O6/c1-3-15(2)16-7-9-19(10-8-16)28-24(30)21(23(29)27-26(28)33)14-20-11-12-22(34-20)17-5-4-6-18(13-17)25(31)32/h4-15H,3H2,1-2H3,(H,31,32)(H,27,29,33). The number of benzene rings is 2. The first-order valence-electron chi connectivity index (χ1n) is 10.7. The quantitative estimate of drug-likeness (QED) is 0.404. The van der Waals surface area contributed by atoms with Gasteiger partial charge in [0.15, 0.2) is 0 Å². The molecule has 1 aromatic heterocycles. The Morgan fingerprint density at radius 2 is 1.82 bits per heavy atom. The van der Waals surface area contributed by atoms with Gasteiger partial charge in [0.1, 0.15) is 17.1 Å². The molecule has 0 spiro atoms. The van der Waals surface area contributed by atoms with Crippen molar-refractivity contribution in [3.63, 3.8) is 0 Å². The average molecular weight is 458 g/mol. The van der Waals surface area contributed by atoms with E-state index in [-0.39, 0.29) is 16.9 Å². The van der Waals surface area contributed by atoms with Crippen LogP contribution in [0.25, 0.3) is 17.4 Å². The molecular formula is C26H22N2O6. The first-order valence-corrected chi connectivity index (χ1v) is 10.7. The molecule has 4 rings (SSSR count). The third kappa shape index (κ3) is 4.38. The maximum absolute atomic E-state index is 13.1. The largest absolute Gasteiger partial charge is 0.478 e. The fraction of sp³-hybridized carbons (Fsp3) is 0.154. The molecule has 34 heavy (non-hydrogen) atoms. The van der Waals surface area contributed by atoms with E-state index in [0.717, 1.165) is 16.9 Å². The van der Waals surface area contributed by atoms with Gasteiger partial charge in [0.2, 0.25) is 0 Å². The third-order valence-corrected chi connectivity index (χ3v) is 5.74. The van der Waals surface area contributed by atoms with Gasteiger partial charge in [-0.05, 0) is 60.4 Å². The second-order valence-electron chi connectivity index (χ2n) is 7.95. The number of carbonyl (C=O) groups excluding carboxylic acids is 3. The van der Waals surface area contributed by atoms with Crippen LogP contribution in [0.1, 0.15) is 47.9 Å². The zero-order valence-corrected chi connectivity index (χ0v) is 18.6. The minimum atomic E-state index is -1.07. The number of imide groups is 2. The maximum atomic E-state index is 13.1. The molecule has 0 bridgehead atoms. The van der Waals surface area contributed by atoms with E-state index in [1.165, 1.54) is 18.2 Å². The Bertz CT molecular complexity index is 1320. The molecule has 0 aliphatic carbocycles. The Labute approximate surface area is 195 Å². The van der Waals surface area contributed by atoms with Gasteiger partial charge in [-0.2, -0.15) is 0 Å². The number of nitrogens with one attached hydrogen (secondary N) is 1. The minimum Gasteiger partial charge on any atom is -0.478 e. The van der Waals surface area contributed by atoms with Crippen LogP contribution in [0.4, 0.5) is 10.5 Å². The van der Waals surface area contributed by atoms with E-state index in [0.29, 0.717) is 22.9 Å². The molecule has 1 aliphatic rings. The Hall–Kier alpha value is -4.46. The maximum Gasteiger partial charge on any atom is 0.335 e. The lowest BCUT2D eigenvalue weighted by molar-refractivity contribution is -0.122. The van der Waals surface area contributed by atoms with Crippen molar-refractivity contribution in [3.8, 4) is 11.3 Å². The van der Waals surface area contributed by atoms with Gasteiger partial charge in [-0.15, -0.1) is 0 Å². The van der Waals surface area contributed by atoms with Crippen LogP contribution in [0.15, 0.2) is 70.7 Å². The van der Waals surface area contributed by atoms with E-state index in [1.54, 1.807) is 36.4 Å². The van der Waals surface area contributed by atoms with Crippen molar-refractivity contribution in [3.05, 3.63) is 83.1 Å². The highest BCUT2D eigenvalue weighted by Crippen LogP contribution is 2.28. The summed E-state index contributed by atoms with van der Waals surface area (Å²) in [4.78, 5) is 50.1. The van der Waals surface area contributed by atoms with Crippen LogP contribution in [0.3, 0.4) is 0 Å². The van der Waals surface area contributed by atoms with E-state index in [1.807, 2.05) is 12.1 Å². The highest BCUT2D eigenvalue weighted by Gasteiger charge is 2.37. The highest BCUT2D eigenvalue weighted by atomic mass is 16.4. The Morgan fingerprint density at radius 1 is 1.09 bits per heavy atom. The number of urea groups is 1. The predicted octanol–water partition coefficient (Wildman–Crippen LogP) is 4.82. The molecule has 8 heteroatoms. The molecule has 1 atom stereocenters. The molecule has 2 N–H and O–H groups in total. The van der Waals surface area contributed by atoms with Crippen molar-refractivity contribution in [1.82, 2.24) is 5.32 Å². The number of hydrogen-bond donors (Lipinski definition) is 2. The summed E-state index contributed by atoms with van der Waals surface area (Å²) in [7, 11) is 0. The monoisotopic (exact) mass is 458 g/mol. The number of barbiturate groups is 1. The van der Waals surface area contributed by atoms with Crippen LogP contribution in [-0.4, -0.2) is 28.9 Å². The lowest BCUT2D eigenvalue weighted by Crippen LogP contribution is -2.54. The third-order valence-electron chi connectivity index (χ3n) is 5.74. The van der Waals surface area contributed by atoms with Gasteiger partial charge in [-0.1, -0.05) is 38.1 Å². The molecule has 1 aliphatic heterocycles. The first-order chi connectivity index (χ1) is 16.3. The van der Waals surface area contributed by atoms with E-state index in [9.17, 15) is 24.3 Å². The van der Waals surface area contributed by atoms with Crippen LogP contribution in [0.2, 0.25) is 0 Å². The van der Waals surface area contributed by atoms with Gasteiger partial charge >= 0.3 is 12.0 Å². The van der Waals surface area contributed by atoms with Gasteiger partial charge in [-0.25, -0.2) is 14.5 Å². The fourth-order valence-electron chi connectivity index (χ4n) is 3.61. The number of anilines is 1. The molecule has 1 saturated heterocycles. The molecular weight excluding hydrogens is 436 g/mol. The zero-order chi connectivity index (χ0) is 24.4. The number of aromatic carboxylic acids is 1. The molecule has 8 nitrogen and oxygen atoms in total. The molecule has 172 valence electrons. The lowest BCUT2D eigenvalue weighted by Gasteiger charge is -2.26. The molecule has 2 heterocycles. The molecule has 1 fully saturated rings. The summed E-state index contributed by atoms with van der Waals surface area (Å²) in [6.45, 7) is 4.16. The van der Waals surface area contributed by atoms with Crippen molar-refractivity contribution in [1.29, 1.82) is 0 Å². The second-order valence-corrected chi connectivity index (χ2v) is 7.95. The summed E-state index contributed by atoms with van der Waals surface area (Å²) < 4.78 is 5.72. The van der Waals surface area contributed by atoms with Crippen LogP contribution in [-0.2, 0) is 9.59 Å². The fourth-order valence-corrected chi connectivity index (χ4v) is 3.61. The summed E-state index contributed by atoms with van der Waals surface area (Å²) in [5.74, 6) is -1.75. The number of furan rings is 1. The number of hydrogen-bond acceptors (Lipinski definition) is 5. The van der Waals surface area contributed by atoms with Crippen molar-refractivity contribution >= 4 is 35.6 Å². The van der Waals surface area contributed by atoms with Gasteiger partial charge in [0.25, 0.3) is 11.8 Å². The lowest BCUT2D eigenvalue weighted by atomic mass is 9.98. The number of carbonyl (C=O) groups is 4. The Balaban J connectivity index is 1.63. The SMILES string of the molecule is CCC(C)c1ccc(N2C(=O)NC(=O)C(=Cc3ccc(-c4cccc(C(=O)O)c4)o3)C2=O)cc1. The minimum absolute atomic E-state index is 0.101. The Kier molecular flexibility index (Phi) is 6.14. The zero-order valence-electron chi connectivity index (χ0n) is 18.6. The number of amides is 4. The number of carboxylic acid groups (broad SMARTS) is 1.